The first-order chi connectivity index (χ1) is 11.7. The van der Waals surface area contributed by atoms with E-state index in [1.54, 1.807) is 12.1 Å². The lowest BCUT2D eigenvalue weighted by molar-refractivity contribution is 0.288. The van der Waals surface area contributed by atoms with Crippen molar-refractivity contribution in [1.29, 1.82) is 0 Å². The lowest BCUT2D eigenvalue weighted by Gasteiger charge is -2.04. The zero-order valence-corrected chi connectivity index (χ0v) is 15.3. The molecule has 0 amide bonds. The van der Waals surface area contributed by atoms with Gasteiger partial charge in [0.1, 0.15) is 6.34 Å². The Morgan fingerprint density at radius 2 is 1.71 bits per heavy atom. The minimum Gasteiger partial charge on any atom is -0.465 e. The smallest absolute Gasteiger partial charge is 0.288 e. The van der Waals surface area contributed by atoms with Gasteiger partial charge in [-0.2, -0.15) is 10.1 Å². The van der Waals surface area contributed by atoms with Gasteiger partial charge in [-0.25, -0.2) is 0 Å². The van der Waals surface area contributed by atoms with E-state index in [1.165, 1.54) is 51.3 Å². The van der Waals surface area contributed by atoms with Crippen molar-refractivity contribution in [3.8, 4) is 0 Å². The van der Waals surface area contributed by atoms with Gasteiger partial charge >= 0.3 is 0 Å². The van der Waals surface area contributed by atoms with E-state index in [-0.39, 0.29) is 6.02 Å². The first-order valence-corrected chi connectivity index (χ1v) is 9.09. The number of halogens is 1. The molecular formula is C18H29ClN4O. The zero-order chi connectivity index (χ0) is 17.5. The van der Waals surface area contributed by atoms with E-state index in [0.717, 1.165) is 12.1 Å². The van der Waals surface area contributed by atoms with E-state index >= 15 is 0 Å². The Morgan fingerprint density at radius 1 is 1.08 bits per heavy atom. The van der Waals surface area contributed by atoms with E-state index < -0.39 is 0 Å². The van der Waals surface area contributed by atoms with Crippen LogP contribution in [0.3, 0.4) is 0 Å². The van der Waals surface area contributed by atoms with Crippen LogP contribution in [0, 0.1) is 0 Å². The zero-order valence-electron chi connectivity index (χ0n) is 14.5. The summed E-state index contributed by atoms with van der Waals surface area (Å²) >= 11 is 5.80. The molecule has 0 aliphatic rings. The van der Waals surface area contributed by atoms with E-state index in [4.69, 9.17) is 22.1 Å². The van der Waals surface area contributed by atoms with E-state index in [9.17, 15) is 0 Å². The van der Waals surface area contributed by atoms with Crippen molar-refractivity contribution in [3.05, 3.63) is 29.3 Å². The van der Waals surface area contributed by atoms with Crippen LogP contribution in [0.4, 0.5) is 5.69 Å². The fourth-order valence-corrected chi connectivity index (χ4v) is 2.29. The highest BCUT2D eigenvalue weighted by atomic mass is 35.5. The van der Waals surface area contributed by atoms with Gasteiger partial charge in [0.15, 0.2) is 0 Å². The maximum absolute atomic E-state index is 5.80. The Labute approximate surface area is 150 Å². The third kappa shape index (κ3) is 10.9. The van der Waals surface area contributed by atoms with Crippen LogP contribution in [0.15, 0.2) is 34.4 Å². The van der Waals surface area contributed by atoms with Crippen molar-refractivity contribution < 1.29 is 4.74 Å². The summed E-state index contributed by atoms with van der Waals surface area (Å²) in [4.78, 5) is 3.92. The number of hydrazone groups is 1. The molecule has 0 bridgehead atoms. The Bertz CT molecular complexity index is 488. The second-order valence-electron chi connectivity index (χ2n) is 5.65. The van der Waals surface area contributed by atoms with Crippen molar-refractivity contribution >= 4 is 29.6 Å². The average Bonchev–Trinajstić information content (AvgIpc) is 2.59. The number of rotatable bonds is 12. The maximum atomic E-state index is 5.80. The number of nitrogens with zero attached hydrogens (tertiary/aromatic N) is 2. The van der Waals surface area contributed by atoms with Gasteiger partial charge in [-0.1, -0.05) is 63.5 Å². The fraction of sp³-hybridized carbons (Fsp3) is 0.556. The predicted molar refractivity (Wildman–Crippen MR) is 104 cm³/mol. The molecule has 3 N–H and O–H groups in total. The van der Waals surface area contributed by atoms with Crippen LogP contribution in [0.5, 0.6) is 0 Å². The number of ether oxygens (including phenoxy) is 1. The summed E-state index contributed by atoms with van der Waals surface area (Å²) in [5.41, 5.74) is 9.31. The lowest BCUT2D eigenvalue weighted by atomic mass is 10.1. The molecule has 5 nitrogen and oxygen atoms in total. The van der Waals surface area contributed by atoms with E-state index in [0.29, 0.717) is 11.6 Å². The van der Waals surface area contributed by atoms with Crippen LogP contribution < -0.4 is 11.2 Å². The van der Waals surface area contributed by atoms with Gasteiger partial charge < -0.3 is 10.5 Å². The molecule has 0 saturated heterocycles. The number of unbranched alkanes of at least 4 members (excludes halogenated alkanes) is 7. The molecule has 1 rings (SSSR count). The van der Waals surface area contributed by atoms with Gasteiger partial charge in [-0.3, -0.25) is 5.43 Å². The Balaban J connectivity index is 2.03. The Hall–Kier alpha value is -1.75. The van der Waals surface area contributed by atoms with E-state index in [1.807, 2.05) is 12.1 Å². The molecule has 0 atom stereocenters. The van der Waals surface area contributed by atoms with Crippen molar-refractivity contribution in [2.45, 2.75) is 58.3 Å². The normalized spacial score (nSPS) is 11.8. The first kappa shape index (κ1) is 20.3. The molecule has 1 aromatic carbocycles. The summed E-state index contributed by atoms with van der Waals surface area (Å²) in [6, 6.07) is 7.35. The molecule has 0 aromatic heterocycles. The number of nitrogens with two attached hydrogens (primary N) is 1. The van der Waals surface area contributed by atoms with Gasteiger partial charge in [0, 0.05) is 5.02 Å². The van der Waals surface area contributed by atoms with Crippen LogP contribution >= 0.6 is 11.6 Å². The number of nitrogens with one attached hydrogen (secondary N) is 1. The first-order valence-electron chi connectivity index (χ1n) is 8.71. The van der Waals surface area contributed by atoms with Gasteiger partial charge in [0.25, 0.3) is 6.02 Å². The van der Waals surface area contributed by atoms with Crippen molar-refractivity contribution in [3.63, 3.8) is 0 Å². The molecule has 24 heavy (non-hydrogen) atoms. The number of anilines is 1. The lowest BCUT2D eigenvalue weighted by Crippen LogP contribution is -2.17. The number of hydrogen-bond donors (Lipinski definition) is 2. The van der Waals surface area contributed by atoms with Crippen molar-refractivity contribution in [1.82, 2.24) is 0 Å². The third-order valence-corrected chi connectivity index (χ3v) is 3.78. The summed E-state index contributed by atoms with van der Waals surface area (Å²) in [6.45, 7) is 2.84. The van der Waals surface area contributed by atoms with Crippen molar-refractivity contribution in [2.75, 3.05) is 12.0 Å². The molecular weight excluding hydrogens is 324 g/mol. The molecule has 0 saturated carbocycles. The van der Waals surface area contributed by atoms with Crippen LogP contribution in [0.2, 0.25) is 5.02 Å². The molecule has 0 unspecified atom stereocenters. The van der Waals surface area contributed by atoms with Gasteiger partial charge in [0.05, 0.1) is 12.3 Å². The quantitative estimate of drug-likeness (QED) is 0.236. The SMILES string of the molecule is CCCCCCCCCCOC(N)=NC=NNc1ccc(Cl)cc1. The predicted octanol–water partition coefficient (Wildman–Crippen LogP) is 5.17. The van der Waals surface area contributed by atoms with Gasteiger partial charge in [-0.15, -0.1) is 0 Å². The summed E-state index contributed by atoms with van der Waals surface area (Å²) in [6.07, 6.45) is 11.4. The molecule has 0 radical (unpaired) electrons. The number of benzene rings is 1. The van der Waals surface area contributed by atoms with Crippen LogP contribution in [0.25, 0.3) is 0 Å². The maximum Gasteiger partial charge on any atom is 0.288 e. The molecule has 0 spiro atoms. The highest BCUT2D eigenvalue weighted by Crippen LogP contribution is 2.13. The Kier molecular flexibility index (Phi) is 11.6. The molecule has 0 fully saturated rings. The van der Waals surface area contributed by atoms with Crippen LogP contribution in [-0.2, 0) is 4.74 Å². The highest BCUT2D eigenvalue weighted by molar-refractivity contribution is 6.30. The summed E-state index contributed by atoms with van der Waals surface area (Å²) < 4.78 is 5.35. The Morgan fingerprint density at radius 3 is 2.38 bits per heavy atom. The standard InChI is InChI=1S/C18H29ClN4O/c1-2-3-4-5-6-7-8-9-14-24-18(20)21-15-22-23-17-12-10-16(19)11-13-17/h10-13,15,23H,2-9,14H2,1H3,(H2,20,21,22). The minimum atomic E-state index is 0.139. The average molecular weight is 353 g/mol. The monoisotopic (exact) mass is 352 g/mol. The minimum absolute atomic E-state index is 0.139. The highest BCUT2D eigenvalue weighted by Gasteiger charge is 1.94. The fourth-order valence-electron chi connectivity index (χ4n) is 2.16. The summed E-state index contributed by atoms with van der Waals surface area (Å²) in [5.74, 6) is 0. The molecule has 134 valence electrons. The molecule has 6 heteroatoms. The molecule has 1 aromatic rings. The second kappa shape index (κ2) is 13.7. The van der Waals surface area contributed by atoms with Gasteiger partial charge in [-0.05, 0) is 30.7 Å². The number of amidine groups is 1. The number of hydrogen-bond acceptors (Lipinski definition) is 3. The van der Waals surface area contributed by atoms with Crippen molar-refractivity contribution in [2.24, 2.45) is 15.8 Å². The molecule has 0 aliphatic heterocycles. The van der Waals surface area contributed by atoms with Crippen LogP contribution in [0.1, 0.15) is 58.3 Å². The second-order valence-corrected chi connectivity index (χ2v) is 6.09. The third-order valence-electron chi connectivity index (χ3n) is 3.53. The summed E-state index contributed by atoms with van der Waals surface area (Å²) in [5, 5.41) is 4.62. The largest absolute Gasteiger partial charge is 0.465 e. The molecule has 0 aliphatic carbocycles. The molecule has 0 heterocycles. The topological polar surface area (TPSA) is 72.0 Å². The number of aliphatic imine (C=N–C) groups is 1. The summed E-state index contributed by atoms with van der Waals surface area (Å²) in [7, 11) is 0. The van der Waals surface area contributed by atoms with E-state index in [2.05, 4.69) is 22.4 Å². The van der Waals surface area contributed by atoms with Gasteiger partial charge in [0.2, 0.25) is 0 Å². The van der Waals surface area contributed by atoms with Crippen LogP contribution in [-0.4, -0.2) is 19.0 Å².